The molecular formula is C10H14N2O3S. The van der Waals surface area contributed by atoms with E-state index in [9.17, 15) is 8.42 Å². The minimum Gasteiger partial charge on any atom is -0.497 e. The smallest absolute Gasteiger partial charge is 0.240 e. The van der Waals surface area contributed by atoms with Gasteiger partial charge in [-0.3, -0.25) is 4.99 Å². The molecule has 1 aromatic rings. The lowest BCUT2D eigenvalue weighted by Gasteiger charge is -2.06. The van der Waals surface area contributed by atoms with Crippen LogP contribution in [0.4, 0.5) is 0 Å². The Kier molecular flexibility index (Phi) is 4.45. The summed E-state index contributed by atoms with van der Waals surface area (Å²) in [4.78, 5) is 3.77. The molecule has 0 saturated heterocycles. The minimum atomic E-state index is -3.45. The summed E-state index contributed by atoms with van der Waals surface area (Å²) in [5, 5.41) is 0. The largest absolute Gasteiger partial charge is 0.497 e. The molecule has 16 heavy (non-hydrogen) atoms. The highest BCUT2D eigenvalue weighted by Crippen LogP contribution is 2.14. The van der Waals surface area contributed by atoms with Gasteiger partial charge < -0.3 is 4.74 Å². The van der Waals surface area contributed by atoms with Crippen LogP contribution in [0.2, 0.25) is 0 Å². The zero-order valence-electron chi connectivity index (χ0n) is 9.01. The summed E-state index contributed by atoms with van der Waals surface area (Å²) in [6.07, 6.45) is 0. The molecule has 1 rings (SSSR count). The highest BCUT2D eigenvalue weighted by Gasteiger charge is 2.12. The van der Waals surface area contributed by atoms with Gasteiger partial charge in [0, 0.05) is 6.54 Å². The van der Waals surface area contributed by atoms with Crippen molar-refractivity contribution in [2.75, 3.05) is 20.2 Å². The van der Waals surface area contributed by atoms with E-state index in [1.165, 1.54) is 19.2 Å². The average Bonchev–Trinajstić information content (AvgIpc) is 2.29. The summed E-state index contributed by atoms with van der Waals surface area (Å²) < 4.78 is 30.7. The van der Waals surface area contributed by atoms with Gasteiger partial charge in [0.2, 0.25) is 10.0 Å². The molecule has 0 saturated carbocycles. The molecule has 0 fully saturated rings. The Morgan fingerprint density at radius 1 is 1.38 bits per heavy atom. The van der Waals surface area contributed by atoms with Gasteiger partial charge in [-0.1, -0.05) is 0 Å². The molecule has 1 N–H and O–H groups in total. The van der Waals surface area contributed by atoms with Gasteiger partial charge in [0.05, 0.1) is 18.6 Å². The molecule has 0 aliphatic heterocycles. The minimum absolute atomic E-state index is 0.206. The third kappa shape index (κ3) is 3.32. The first-order valence-electron chi connectivity index (χ1n) is 4.66. The molecule has 0 aromatic heterocycles. The van der Waals surface area contributed by atoms with Crippen LogP contribution in [0.15, 0.2) is 34.2 Å². The highest BCUT2D eigenvalue weighted by atomic mass is 32.2. The van der Waals surface area contributed by atoms with Crippen LogP contribution < -0.4 is 9.46 Å². The predicted octanol–water partition coefficient (Wildman–Crippen LogP) is 0.674. The Balaban J connectivity index is 2.77. The van der Waals surface area contributed by atoms with Gasteiger partial charge in [0.1, 0.15) is 5.75 Å². The predicted molar refractivity (Wildman–Crippen MR) is 62.6 cm³/mol. The van der Waals surface area contributed by atoms with Crippen LogP contribution >= 0.6 is 0 Å². The number of rotatable bonds is 6. The fraction of sp³-hybridized carbons (Fsp3) is 0.300. The molecule has 0 unspecified atom stereocenters. The van der Waals surface area contributed by atoms with Crippen molar-refractivity contribution in [1.82, 2.24) is 4.72 Å². The summed E-state index contributed by atoms with van der Waals surface area (Å²) >= 11 is 0. The third-order valence-electron chi connectivity index (χ3n) is 1.93. The summed E-state index contributed by atoms with van der Waals surface area (Å²) in [6, 6.07) is 6.17. The van der Waals surface area contributed by atoms with Crippen molar-refractivity contribution in [2.24, 2.45) is 4.99 Å². The maximum absolute atomic E-state index is 11.7. The Morgan fingerprint density at radius 2 is 2.00 bits per heavy atom. The quantitative estimate of drug-likeness (QED) is 0.589. The standard InChI is InChI=1S/C10H14N2O3S/c1-11-7-8-12-16(13,14)10-5-3-9(15-2)4-6-10/h3-6,12H,1,7-8H2,2H3. The maximum atomic E-state index is 11.7. The number of aliphatic imine (C=N–C) groups is 1. The Hall–Kier alpha value is -1.40. The van der Waals surface area contributed by atoms with Crippen molar-refractivity contribution >= 4 is 16.7 Å². The van der Waals surface area contributed by atoms with Gasteiger partial charge in [-0.2, -0.15) is 0 Å². The Labute approximate surface area is 95.2 Å². The normalized spacial score (nSPS) is 11.1. The molecule has 88 valence electrons. The summed E-state index contributed by atoms with van der Waals surface area (Å²) in [5.41, 5.74) is 0. The summed E-state index contributed by atoms with van der Waals surface area (Å²) in [7, 11) is -1.93. The van der Waals surface area contributed by atoms with Crippen molar-refractivity contribution in [3.63, 3.8) is 0 Å². The van der Waals surface area contributed by atoms with E-state index in [-0.39, 0.29) is 11.4 Å². The van der Waals surface area contributed by atoms with E-state index in [0.717, 1.165) is 0 Å². The molecule has 0 heterocycles. The third-order valence-corrected chi connectivity index (χ3v) is 3.41. The molecule has 0 spiro atoms. The summed E-state index contributed by atoms with van der Waals surface area (Å²) in [5.74, 6) is 0.617. The van der Waals surface area contributed by atoms with E-state index in [2.05, 4.69) is 16.4 Å². The van der Waals surface area contributed by atoms with Gasteiger partial charge >= 0.3 is 0 Å². The number of hydrogen-bond donors (Lipinski definition) is 1. The molecule has 0 atom stereocenters. The first-order chi connectivity index (χ1) is 7.60. The van der Waals surface area contributed by atoms with Crippen LogP contribution in [0.3, 0.4) is 0 Å². The first kappa shape index (κ1) is 12.7. The molecule has 0 radical (unpaired) electrons. The number of nitrogens with zero attached hydrogens (tertiary/aromatic N) is 1. The SMILES string of the molecule is C=NCCNS(=O)(=O)c1ccc(OC)cc1. The van der Waals surface area contributed by atoms with E-state index < -0.39 is 10.0 Å². The molecule has 6 heteroatoms. The zero-order chi connectivity index (χ0) is 12.0. The second kappa shape index (κ2) is 5.62. The second-order valence-corrected chi connectivity index (χ2v) is 4.79. The topological polar surface area (TPSA) is 67.8 Å². The van der Waals surface area contributed by atoms with E-state index in [1.807, 2.05) is 0 Å². The van der Waals surface area contributed by atoms with E-state index >= 15 is 0 Å². The van der Waals surface area contributed by atoms with E-state index in [1.54, 1.807) is 12.1 Å². The maximum Gasteiger partial charge on any atom is 0.240 e. The lowest BCUT2D eigenvalue weighted by atomic mass is 10.3. The van der Waals surface area contributed by atoms with E-state index in [4.69, 9.17) is 4.74 Å². The lowest BCUT2D eigenvalue weighted by molar-refractivity contribution is 0.414. The number of ether oxygens (including phenoxy) is 1. The Bertz CT molecular complexity index is 440. The van der Waals surface area contributed by atoms with Crippen LogP contribution in [0.5, 0.6) is 5.75 Å². The van der Waals surface area contributed by atoms with Crippen LogP contribution in [-0.2, 0) is 10.0 Å². The highest BCUT2D eigenvalue weighted by molar-refractivity contribution is 7.89. The molecular weight excluding hydrogens is 228 g/mol. The number of benzene rings is 1. The summed E-state index contributed by atoms with van der Waals surface area (Å²) in [6.45, 7) is 3.88. The molecule has 0 bridgehead atoms. The van der Waals surface area contributed by atoms with Crippen molar-refractivity contribution in [2.45, 2.75) is 4.90 Å². The number of nitrogens with one attached hydrogen (secondary N) is 1. The van der Waals surface area contributed by atoms with Crippen molar-refractivity contribution in [1.29, 1.82) is 0 Å². The molecule has 5 nitrogen and oxygen atoms in total. The number of sulfonamides is 1. The van der Waals surface area contributed by atoms with Crippen LogP contribution in [0.1, 0.15) is 0 Å². The van der Waals surface area contributed by atoms with Gasteiger partial charge in [-0.05, 0) is 31.0 Å². The Morgan fingerprint density at radius 3 is 2.50 bits per heavy atom. The lowest BCUT2D eigenvalue weighted by Crippen LogP contribution is -2.26. The molecule has 1 aromatic carbocycles. The van der Waals surface area contributed by atoms with Crippen LogP contribution in [-0.4, -0.2) is 35.3 Å². The van der Waals surface area contributed by atoms with Crippen LogP contribution in [0, 0.1) is 0 Å². The monoisotopic (exact) mass is 242 g/mol. The molecule has 0 amide bonds. The van der Waals surface area contributed by atoms with E-state index in [0.29, 0.717) is 12.3 Å². The first-order valence-corrected chi connectivity index (χ1v) is 6.14. The van der Waals surface area contributed by atoms with Crippen molar-refractivity contribution in [3.8, 4) is 5.75 Å². The van der Waals surface area contributed by atoms with Crippen molar-refractivity contribution in [3.05, 3.63) is 24.3 Å². The number of hydrogen-bond acceptors (Lipinski definition) is 4. The van der Waals surface area contributed by atoms with Gasteiger partial charge in [0.25, 0.3) is 0 Å². The number of methoxy groups -OCH3 is 1. The second-order valence-electron chi connectivity index (χ2n) is 3.02. The van der Waals surface area contributed by atoms with Crippen LogP contribution in [0.25, 0.3) is 0 Å². The fourth-order valence-electron chi connectivity index (χ4n) is 1.10. The average molecular weight is 242 g/mol. The van der Waals surface area contributed by atoms with Gasteiger partial charge in [0.15, 0.2) is 0 Å². The van der Waals surface area contributed by atoms with Gasteiger partial charge in [-0.15, -0.1) is 0 Å². The fourth-order valence-corrected chi connectivity index (χ4v) is 2.12. The zero-order valence-corrected chi connectivity index (χ0v) is 9.83. The van der Waals surface area contributed by atoms with Gasteiger partial charge in [-0.25, -0.2) is 13.1 Å². The molecule has 0 aliphatic rings. The molecule has 0 aliphatic carbocycles. The van der Waals surface area contributed by atoms with Crippen molar-refractivity contribution < 1.29 is 13.2 Å².